The van der Waals surface area contributed by atoms with Crippen molar-refractivity contribution >= 4 is 18.3 Å². The fourth-order valence-electron chi connectivity index (χ4n) is 1.32. The number of nitrogens with zero attached hydrogens (tertiary/aromatic N) is 1. The van der Waals surface area contributed by atoms with Crippen molar-refractivity contribution in [2.75, 3.05) is 20.3 Å². The minimum Gasteiger partial charge on any atom is -0.497 e. The Morgan fingerprint density at radius 3 is 2.65 bits per heavy atom. The van der Waals surface area contributed by atoms with Gasteiger partial charge in [0.1, 0.15) is 12.4 Å². The first-order valence-electron chi connectivity index (χ1n) is 6.26. The van der Waals surface area contributed by atoms with Crippen LogP contribution in [0, 0.1) is 0 Å². The summed E-state index contributed by atoms with van der Waals surface area (Å²) < 4.78 is 9.98. The van der Waals surface area contributed by atoms with E-state index in [4.69, 9.17) is 9.47 Å². The van der Waals surface area contributed by atoms with Gasteiger partial charge in [-0.3, -0.25) is 4.99 Å². The number of carbonyl (C=O) groups is 1. The maximum absolute atomic E-state index is 11.1. The molecule has 106 valence electrons. The second kappa shape index (κ2) is 8.69. The number of allylic oxidation sites excluding steroid dienone is 1. The Bertz CT molecular complexity index is 501. The Labute approximate surface area is 119 Å². The number of methoxy groups -OCH3 is 1. The van der Waals surface area contributed by atoms with Crippen molar-refractivity contribution in [1.29, 1.82) is 0 Å². The summed E-state index contributed by atoms with van der Waals surface area (Å²) in [4.78, 5) is 15.2. The van der Waals surface area contributed by atoms with Crippen LogP contribution in [0.2, 0.25) is 0 Å². The Balaban J connectivity index is 2.28. The highest BCUT2D eigenvalue weighted by Gasteiger charge is 2.00. The van der Waals surface area contributed by atoms with E-state index >= 15 is 0 Å². The van der Waals surface area contributed by atoms with Crippen LogP contribution in [-0.2, 0) is 9.53 Å². The molecule has 0 saturated heterocycles. The topological polar surface area (TPSA) is 47.9 Å². The van der Waals surface area contributed by atoms with Gasteiger partial charge in [0.25, 0.3) is 0 Å². The summed E-state index contributed by atoms with van der Waals surface area (Å²) >= 11 is 0. The Morgan fingerprint density at radius 1 is 1.35 bits per heavy atom. The van der Waals surface area contributed by atoms with Crippen molar-refractivity contribution in [3.63, 3.8) is 0 Å². The molecule has 0 aliphatic rings. The molecule has 0 heterocycles. The number of esters is 1. The molecular weight excluding hydrogens is 254 g/mol. The minimum absolute atomic E-state index is 0.262. The Morgan fingerprint density at radius 2 is 2.05 bits per heavy atom. The fourth-order valence-corrected chi connectivity index (χ4v) is 1.32. The maximum atomic E-state index is 11.1. The van der Waals surface area contributed by atoms with Crippen LogP contribution < -0.4 is 4.74 Å². The summed E-state index contributed by atoms with van der Waals surface area (Å²) in [5.41, 5.74) is 1.46. The van der Waals surface area contributed by atoms with E-state index in [1.807, 2.05) is 36.4 Å². The van der Waals surface area contributed by atoms with Gasteiger partial charge in [0, 0.05) is 11.8 Å². The molecule has 1 rings (SSSR count). The smallest absolute Gasteiger partial charge is 0.333 e. The van der Waals surface area contributed by atoms with Crippen molar-refractivity contribution in [3.05, 3.63) is 48.1 Å². The first-order valence-corrected chi connectivity index (χ1v) is 6.26. The van der Waals surface area contributed by atoms with Gasteiger partial charge in [-0.2, -0.15) is 0 Å². The lowest BCUT2D eigenvalue weighted by molar-refractivity contribution is -0.138. The first-order chi connectivity index (χ1) is 9.63. The zero-order chi connectivity index (χ0) is 14.8. The first kappa shape index (κ1) is 15.7. The average molecular weight is 273 g/mol. The molecule has 0 aliphatic heterocycles. The van der Waals surface area contributed by atoms with E-state index in [0.717, 1.165) is 11.3 Å². The molecule has 0 N–H and O–H groups in total. The quantitative estimate of drug-likeness (QED) is 0.332. The van der Waals surface area contributed by atoms with Crippen LogP contribution in [0.4, 0.5) is 0 Å². The van der Waals surface area contributed by atoms with Crippen LogP contribution in [0.15, 0.2) is 47.5 Å². The highest BCUT2D eigenvalue weighted by molar-refractivity contribution is 5.86. The lowest BCUT2D eigenvalue weighted by Gasteiger charge is -2.00. The lowest BCUT2D eigenvalue weighted by Crippen LogP contribution is -2.07. The molecule has 1 aromatic carbocycles. The third-order valence-electron chi connectivity index (χ3n) is 2.40. The average Bonchev–Trinajstić information content (AvgIpc) is 2.46. The summed E-state index contributed by atoms with van der Waals surface area (Å²) in [5.74, 6) is 0.448. The van der Waals surface area contributed by atoms with Crippen molar-refractivity contribution in [2.45, 2.75) is 6.92 Å². The Kier molecular flexibility index (Phi) is 6.82. The van der Waals surface area contributed by atoms with Crippen molar-refractivity contribution in [1.82, 2.24) is 0 Å². The third kappa shape index (κ3) is 6.00. The van der Waals surface area contributed by atoms with Crippen molar-refractivity contribution in [2.24, 2.45) is 4.99 Å². The van der Waals surface area contributed by atoms with E-state index in [2.05, 4.69) is 11.6 Å². The molecule has 0 aliphatic carbocycles. The third-order valence-corrected chi connectivity index (χ3v) is 2.40. The number of rotatable bonds is 7. The summed E-state index contributed by atoms with van der Waals surface area (Å²) in [6.45, 7) is 5.81. The van der Waals surface area contributed by atoms with Crippen LogP contribution in [0.3, 0.4) is 0 Å². The van der Waals surface area contributed by atoms with E-state index in [-0.39, 0.29) is 12.6 Å². The van der Waals surface area contributed by atoms with Crippen molar-refractivity contribution in [3.8, 4) is 5.75 Å². The normalized spacial score (nSPS) is 10.9. The van der Waals surface area contributed by atoms with E-state index < -0.39 is 0 Å². The highest BCUT2D eigenvalue weighted by Crippen LogP contribution is 2.11. The van der Waals surface area contributed by atoms with E-state index in [0.29, 0.717) is 12.1 Å². The van der Waals surface area contributed by atoms with Gasteiger partial charge in [0.05, 0.1) is 13.7 Å². The molecule has 0 fully saturated rings. The summed E-state index contributed by atoms with van der Waals surface area (Å²) in [7, 11) is 1.64. The van der Waals surface area contributed by atoms with E-state index in [9.17, 15) is 4.79 Å². The number of benzene rings is 1. The zero-order valence-corrected chi connectivity index (χ0v) is 11.8. The maximum Gasteiger partial charge on any atom is 0.333 e. The number of hydrogen-bond donors (Lipinski definition) is 0. The van der Waals surface area contributed by atoms with Gasteiger partial charge < -0.3 is 9.47 Å². The molecule has 0 aromatic heterocycles. The van der Waals surface area contributed by atoms with Gasteiger partial charge in [0.2, 0.25) is 0 Å². The molecule has 4 heteroatoms. The van der Waals surface area contributed by atoms with Crippen LogP contribution in [0.25, 0.3) is 6.08 Å². The second-order valence-corrected chi connectivity index (χ2v) is 4.10. The highest BCUT2D eigenvalue weighted by atomic mass is 16.5. The summed E-state index contributed by atoms with van der Waals surface area (Å²) in [6, 6.07) is 7.71. The molecular formula is C16H19NO3. The van der Waals surface area contributed by atoms with Gasteiger partial charge in [-0.25, -0.2) is 4.79 Å². The monoisotopic (exact) mass is 273 g/mol. The molecule has 4 nitrogen and oxygen atoms in total. The molecule has 0 atom stereocenters. The molecule has 0 bridgehead atoms. The van der Waals surface area contributed by atoms with Crippen LogP contribution in [-0.4, -0.2) is 32.4 Å². The van der Waals surface area contributed by atoms with E-state index in [1.165, 1.54) is 0 Å². The van der Waals surface area contributed by atoms with Crippen molar-refractivity contribution < 1.29 is 14.3 Å². The van der Waals surface area contributed by atoms with Gasteiger partial charge in [-0.1, -0.05) is 24.8 Å². The van der Waals surface area contributed by atoms with Crippen LogP contribution >= 0.6 is 0 Å². The molecule has 0 spiro atoms. The Hall–Kier alpha value is -2.36. The molecule has 0 saturated carbocycles. The van der Waals surface area contributed by atoms with Crippen LogP contribution in [0.5, 0.6) is 5.75 Å². The second-order valence-electron chi connectivity index (χ2n) is 4.10. The lowest BCUT2D eigenvalue weighted by atomic mass is 10.2. The summed E-state index contributed by atoms with van der Waals surface area (Å²) in [6.07, 6.45) is 5.45. The molecule has 0 unspecified atom stereocenters. The van der Waals surface area contributed by atoms with E-state index in [1.54, 1.807) is 20.2 Å². The standard InChI is InChI=1S/C16H19NO3/c1-13(2)16(18)20-12-11-17-10-4-5-14-6-8-15(19-3)9-7-14/h4-10H,1,11-12H2,2-3H3/b5-4+,17-10?. The predicted octanol–water partition coefficient (Wildman–Crippen LogP) is 2.90. The van der Waals surface area contributed by atoms with Gasteiger partial charge in [-0.15, -0.1) is 0 Å². The minimum atomic E-state index is -0.381. The molecule has 0 radical (unpaired) electrons. The summed E-state index contributed by atoms with van der Waals surface area (Å²) in [5, 5.41) is 0. The van der Waals surface area contributed by atoms with Gasteiger partial charge in [-0.05, 0) is 30.7 Å². The largest absolute Gasteiger partial charge is 0.497 e. The van der Waals surface area contributed by atoms with Crippen LogP contribution in [0.1, 0.15) is 12.5 Å². The van der Waals surface area contributed by atoms with Gasteiger partial charge in [0.15, 0.2) is 0 Å². The number of hydrogen-bond acceptors (Lipinski definition) is 4. The number of carbonyl (C=O) groups excluding carboxylic acids is 1. The van der Waals surface area contributed by atoms with Gasteiger partial charge >= 0.3 is 5.97 Å². The molecule has 0 amide bonds. The fraction of sp³-hybridized carbons (Fsp3) is 0.250. The number of ether oxygens (including phenoxy) is 2. The molecule has 20 heavy (non-hydrogen) atoms. The zero-order valence-electron chi connectivity index (χ0n) is 11.8. The molecule has 1 aromatic rings. The SMILES string of the molecule is C=C(C)C(=O)OCCN=C/C=C/c1ccc(OC)cc1. The number of aliphatic imine (C=N–C) groups is 1. The predicted molar refractivity (Wildman–Crippen MR) is 81.2 cm³/mol.